The van der Waals surface area contributed by atoms with Crippen LogP contribution in [-0.4, -0.2) is 57.3 Å². The van der Waals surface area contributed by atoms with Gasteiger partial charge in [-0.1, -0.05) is 282 Å². The van der Waals surface area contributed by atoms with Crippen LogP contribution in [0.4, 0.5) is 0 Å². The number of hydrogen-bond donors (Lipinski definition) is 5. The summed E-state index contributed by atoms with van der Waals surface area (Å²) in [6, 6.07) is -1.00. The van der Waals surface area contributed by atoms with Crippen molar-refractivity contribution < 1.29 is 25.2 Å². The molecule has 4 atom stereocenters. The van der Waals surface area contributed by atoms with Gasteiger partial charge in [0.25, 0.3) is 0 Å². The second-order valence-corrected chi connectivity index (χ2v) is 20.7. The molecule has 6 heteroatoms. The minimum atomic E-state index is -1.28. The highest BCUT2D eigenvalue weighted by atomic mass is 16.3. The zero-order chi connectivity index (χ0) is 48.1. The lowest BCUT2D eigenvalue weighted by atomic mass is 10.00. The lowest BCUT2D eigenvalue weighted by Crippen LogP contribution is -2.53. The van der Waals surface area contributed by atoms with Crippen LogP contribution in [0.25, 0.3) is 0 Å². The number of unbranched alkanes of at least 4 members (excludes halogenated alkanes) is 42. The van der Waals surface area contributed by atoms with Gasteiger partial charge in [0.2, 0.25) is 5.91 Å². The fourth-order valence-corrected chi connectivity index (χ4v) is 9.46. The second kappa shape index (κ2) is 54.7. The van der Waals surface area contributed by atoms with Gasteiger partial charge in [0, 0.05) is 0 Å². The number of aliphatic hydroxyl groups is 4. The maximum absolute atomic E-state index is 12.6. The van der Waals surface area contributed by atoms with E-state index >= 15 is 0 Å². The van der Waals surface area contributed by atoms with E-state index in [4.69, 9.17) is 0 Å². The third-order valence-electron chi connectivity index (χ3n) is 14.1. The van der Waals surface area contributed by atoms with E-state index in [1.165, 1.54) is 257 Å². The van der Waals surface area contributed by atoms with Crippen molar-refractivity contribution in [2.24, 2.45) is 0 Å². The Balaban J connectivity index is 3.62. The van der Waals surface area contributed by atoms with Gasteiger partial charge in [-0.3, -0.25) is 4.79 Å². The van der Waals surface area contributed by atoms with Crippen molar-refractivity contribution in [3.8, 4) is 0 Å². The van der Waals surface area contributed by atoms with E-state index in [0.29, 0.717) is 12.8 Å². The first-order valence-electron chi connectivity index (χ1n) is 29.7. The molecule has 0 rings (SSSR count). The molecule has 6 nitrogen and oxygen atoms in total. The summed E-state index contributed by atoms with van der Waals surface area (Å²) in [7, 11) is 0. The Hall–Kier alpha value is -1.21. The first-order chi connectivity index (χ1) is 32.5. The van der Waals surface area contributed by atoms with Gasteiger partial charge in [-0.15, -0.1) is 0 Å². The van der Waals surface area contributed by atoms with Crippen LogP contribution in [0.3, 0.4) is 0 Å². The van der Waals surface area contributed by atoms with Crippen molar-refractivity contribution in [1.29, 1.82) is 0 Å². The van der Waals surface area contributed by atoms with Crippen LogP contribution in [0.15, 0.2) is 24.3 Å². The Kier molecular flexibility index (Phi) is 53.7. The van der Waals surface area contributed by atoms with Crippen LogP contribution in [0.5, 0.6) is 0 Å². The summed E-state index contributed by atoms with van der Waals surface area (Å²) in [6.07, 6.45) is 66.9. The van der Waals surface area contributed by atoms with E-state index in [-0.39, 0.29) is 0 Å². The molecule has 0 radical (unpaired) electrons. The molecule has 392 valence electrons. The predicted octanol–water partition coefficient (Wildman–Crippen LogP) is 17.4. The maximum atomic E-state index is 12.6. The van der Waals surface area contributed by atoms with E-state index in [1.54, 1.807) is 0 Å². The summed E-state index contributed by atoms with van der Waals surface area (Å²) < 4.78 is 0. The van der Waals surface area contributed by atoms with Gasteiger partial charge in [-0.2, -0.15) is 0 Å². The molecule has 5 N–H and O–H groups in total. The number of aliphatic hydroxyl groups excluding tert-OH is 4. The number of carbonyl (C=O) groups is 1. The van der Waals surface area contributed by atoms with Gasteiger partial charge in [-0.05, 0) is 64.2 Å². The molecule has 0 heterocycles. The SMILES string of the molecule is CCCCCCCCCCCCCC/C=C\CCCCCCCCCCCCCCC(O)C(=O)NC(CO)C(O)C(O)CCC/C=C/CCCCCCCCCCCCCCCCCCC. The molecular formula is C60H117NO5. The number of rotatable bonds is 55. The van der Waals surface area contributed by atoms with Crippen molar-refractivity contribution in [2.75, 3.05) is 6.61 Å². The molecule has 1 amide bonds. The Labute approximate surface area is 412 Å². The van der Waals surface area contributed by atoms with Crippen molar-refractivity contribution in [3.05, 3.63) is 24.3 Å². The van der Waals surface area contributed by atoms with Crippen molar-refractivity contribution >= 4 is 5.91 Å². The van der Waals surface area contributed by atoms with Crippen LogP contribution in [-0.2, 0) is 4.79 Å². The molecular weight excluding hydrogens is 815 g/mol. The predicted molar refractivity (Wildman–Crippen MR) is 288 cm³/mol. The third-order valence-corrected chi connectivity index (χ3v) is 14.1. The topological polar surface area (TPSA) is 110 Å². The Morgan fingerprint density at radius 2 is 0.621 bits per heavy atom. The average Bonchev–Trinajstić information content (AvgIpc) is 3.32. The summed E-state index contributed by atoms with van der Waals surface area (Å²) in [4.78, 5) is 12.6. The molecule has 0 fully saturated rings. The number of hydrogen-bond acceptors (Lipinski definition) is 5. The molecule has 0 aliphatic rings. The number of allylic oxidation sites excluding steroid dienone is 4. The molecule has 0 aromatic rings. The molecule has 0 saturated carbocycles. The van der Waals surface area contributed by atoms with Gasteiger partial charge in [0.05, 0.1) is 18.8 Å². The molecule has 0 aliphatic heterocycles. The fraction of sp³-hybridized carbons (Fsp3) is 0.917. The Bertz CT molecular complexity index is 1000. The number of nitrogens with one attached hydrogen (secondary N) is 1. The lowest BCUT2D eigenvalue weighted by Gasteiger charge is -2.27. The normalized spacial score (nSPS) is 13.8. The monoisotopic (exact) mass is 932 g/mol. The van der Waals surface area contributed by atoms with Crippen LogP contribution >= 0.6 is 0 Å². The number of carbonyl (C=O) groups excluding carboxylic acids is 1. The largest absolute Gasteiger partial charge is 0.394 e. The van der Waals surface area contributed by atoms with Gasteiger partial charge < -0.3 is 25.7 Å². The van der Waals surface area contributed by atoms with Crippen LogP contribution < -0.4 is 5.32 Å². The van der Waals surface area contributed by atoms with Gasteiger partial charge >= 0.3 is 0 Å². The fourth-order valence-electron chi connectivity index (χ4n) is 9.46. The van der Waals surface area contributed by atoms with E-state index in [9.17, 15) is 25.2 Å². The molecule has 0 aromatic carbocycles. The lowest BCUT2D eigenvalue weighted by molar-refractivity contribution is -0.132. The summed E-state index contributed by atoms with van der Waals surface area (Å²) in [5, 5.41) is 44.0. The average molecular weight is 933 g/mol. The van der Waals surface area contributed by atoms with Gasteiger partial charge in [0.1, 0.15) is 12.2 Å². The highest BCUT2D eigenvalue weighted by molar-refractivity contribution is 5.80. The quantitative estimate of drug-likeness (QED) is 0.0308. The van der Waals surface area contributed by atoms with E-state index in [2.05, 4.69) is 43.5 Å². The van der Waals surface area contributed by atoms with E-state index in [1.807, 2.05) is 0 Å². The summed E-state index contributed by atoms with van der Waals surface area (Å²) >= 11 is 0. The van der Waals surface area contributed by atoms with Crippen molar-refractivity contribution in [1.82, 2.24) is 5.32 Å². The smallest absolute Gasteiger partial charge is 0.249 e. The minimum Gasteiger partial charge on any atom is -0.394 e. The third kappa shape index (κ3) is 47.8. The molecule has 0 aliphatic carbocycles. The minimum absolute atomic E-state index is 0.365. The molecule has 0 bridgehead atoms. The van der Waals surface area contributed by atoms with Gasteiger partial charge in [-0.25, -0.2) is 0 Å². The van der Waals surface area contributed by atoms with Crippen molar-refractivity contribution in [2.45, 2.75) is 346 Å². The first-order valence-corrected chi connectivity index (χ1v) is 29.7. The van der Waals surface area contributed by atoms with Crippen LogP contribution in [0, 0.1) is 0 Å². The maximum Gasteiger partial charge on any atom is 0.249 e. The first kappa shape index (κ1) is 64.8. The summed E-state index contributed by atoms with van der Waals surface area (Å²) in [6.45, 7) is 4.08. The second-order valence-electron chi connectivity index (χ2n) is 20.7. The highest BCUT2D eigenvalue weighted by Gasteiger charge is 2.28. The molecule has 0 saturated heterocycles. The highest BCUT2D eigenvalue weighted by Crippen LogP contribution is 2.18. The van der Waals surface area contributed by atoms with E-state index < -0.39 is 36.9 Å². The van der Waals surface area contributed by atoms with Crippen LogP contribution in [0.1, 0.15) is 322 Å². The standard InChI is InChI=1S/C60H117NO5/c1-3-5-7-9-11-13-15-17-19-21-23-25-27-28-29-30-31-32-34-36-38-40-42-44-46-48-50-52-54-58(64)60(66)61-56(55-62)59(65)57(63)53-51-49-47-45-43-41-39-37-35-33-26-24-22-20-18-16-14-12-10-8-6-4-2/h28-29,45,47,56-59,62-65H,3-27,30-44,46,48-55H2,1-2H3,(H,61,66)/b29-28-,47-45+. The van der Waals surface area contributed by atoms with Gasteiger partial charge in [0.15, 0.2) is 0 Å². The molecule has 0 spiro atoms. The molecule has 66 heavy (non-hydrogen) atoms. The number of amides is 1. The molecule has 4 unspecified atom stereocenters. The molecule has 0 aromatic heterocycles. The van der Waals surface area contributed by atoms with E-state index in [0.717, 1.165) is 38.5 Å². The zero-order valence-electron chi connectivity index (χ0n) is 44.5. The summed E-state index contributed by atoms with van der Waals surface area (Å²) in [5.41, 5.74) is 0. The summed E-state index contributed by atoms with van der Waals surface area (Å²) in [5.74, 6) is -0.589. The Morgan fingerprint density at radius 1 is 0.364 bits per heavy atom. The van der Waals surface area contributed by atoms with Crippen molar-refractivity contribution in [3.63, 3.8) is 0 Å². The Morgan fingerprint density at radius 3 is 0.909 bits per heavy atom. The zero-order valence-corrected chi connectivity index (χ0v) is 44.5. The van der Waals surface area contributed by atoms with Crippen LogP contribution in [0.2, 0.25) is 0 Å².